The van der Waals surface area contributed by atoms with E-state index in [-0.39, 0.29) is 28.3 Å². The van der Waals surface area contributed by atoms with E-state index in [9.17, 15) is 19.7 Å². The third kappa shape index (κ3) is 6.50. The summed E-state index contributed by atoms with van der Waals surface area (Å²) in [6.45, 7) is 5.89. The molecule has 13 heteroatoms. The van der Waals surface area contributed by atoms with E-state index in [2.05, 4.69) is 20.8 Å². The molecule has 3 rings (SSSR count). The van der Waals surface area contributed by atoms with Gasteiger partial charge in [-0.1, -0.05) is 35.0 Å². The second-order valence-corrected chi connectivity index (χ2v) is 9.28. The number of nitrogens with one attached hydrogen (secondary N) is 2. The van der Waals surface area contributed by atoms with Crippen molar-refractivity contribution in [3.05, 3.63) is 73.5 Å². The molecule has 1 atom stereocenters. The maximum absolute atomic E-state index is 12.6. The number of halogens is 2. The zero-order chi connectivity index (χ0) is 25.7. The number of rotatable bonds is 9. The Bertz CT molecular complexity index is 1280. The second kappa shape index (κ2) is 11.5. The highest BCUT2D eigenvalue weighted by molar-refractivity contribution is 7.99. The molecule has 0 spiro atoms. The van der Waals surface area contributed by atoms with Crippen LogP contribution in [-0.4, -0.2) is 37.3 Å². The summed E-state index contributed by atoms with van der Waals surface area (Å²) in [5.41, 5.74) is 1.33. The molecule has 0 saturated heterocycles. The van der Waals surface area contributed by atoms with Crippen LogP contribution in [-0.2, 0) is 11.3 Å². The molecule has 10 nitrogen and oxygen atoms in total. The maximum atomic E-state index is 12.6. The molecule has 2 aromatic carbocycles. The Labute approximate surface area is 215 Å². The molecule has 184 valence electrons. The van der Waals surface area contributed by atoms with Gasteiger partial charge in [-0.05, 0) is 50.6 Å². The first-order valence-electron chi connectivity index (χ1n) is 10.5. The molecule has 0 fully saturated rings. The number of nitrogens with zero attached hydrogens (tertiary/aromatic N) is 4. The van der Waals surface area contributed by atoms with Gasteiger partial charge in [0.15, 0.2) is 11.0 Å². The van der Waals surface area contributed by atoms with Crippen LogP contribution in [0.4, 0.5) is 11.4 Å². The molecule has 1 aromatic heterocycles. The smallest absolute Gasteiger partial charge is 0.269 e. The first kappa shape index (κ1) is 26.5. The molecule has 0 bridgehead atoms. The van der Waals surface area contributed by atoms with Crippen molar-refractivity contribution < 1.29 is 14.5 Å². The molecule has 0 aliphatic heterocycles. The Hall–Kier alpha value is -3.15. The van der Waals surface area contributed by atoms with Gasteiger partial charge < -0.3 is 15.2 Å². The summed E-state index contributed by atoms with van der Waals surface area (Å²) in [6.07, 6.45) is 0. The first-order valence-corrected chi connectivity index (χ1v) is 12.2. The fourth-order valence-electron chi connectivity index (χ4n) is 3.25. The monoisotopic (exact) mass is 536 g/mol. The van der Waals surface area contributed by atoms with Crippen molar-refractivity contribution >= 4 is 58.2 Å². The zero-order valence-corrected chi connectivity index (χ0v) is 21.4. The van der Waals surface area contributed by atoms with Crippen molar-refractivity contribution in [1.29, 1.82) is 0 Å². The quantitative estimate of drug-likeness (QED) is 0.222. The number of nitro benzene ring substituents is 1. The van der Waals surface area contributed by atoms with E-state index in [0.717, 1.165) is 0 Å². The first-order chi connectivity index (χ1) is 16.6. The van der Waals surface area contributed by atoms with Gasteiger partial charge in [-0.15, -0.1) is 10.2 Å². The van der Waals surface area contributed by atoms with Crippen molar-refractivity contribution in [2.75, 3.05) is 11.1 Å². The lowest BCUT2D eigenvalue weighted by Gasteiger charge is -2.15. The molecule has 0 aliphatic carbocycles. The molecule has 2 amide bonds. The fraction of sp³-hybridized carbons (Fsp3) is 0.273. The van der Waals surface area contributed by atoms with E-state index >= 15 is 0 Å². The summed E-state index contributed by atoms with van der Waals surface area (Å²) in [5, 5.41) is 26.0. The van der Waals surface area contributed by atoms with Gasteiger partial charge >= 0.3 is 0 Å². The van der Waals surface area contributed by atoms with Crippen LogP contribution < -0.4 is 10.6 Å². The average molecular weight is 537 g/mol. The Morgan fingerprint density at radius 1 is 1.20 bits per heavy atom. The van der Waals surface area contributed by atoms with Gasteiger partial charge in [0.1, 0.15) is 0 Å². The number of hydrogen-bond acceptors (Lipinski definition) is 7. The van der Waals surface area contributed by atoms with E-state index in [1.807, 2.05) is 11.5 Å². The number of hydrogen-bond donors (Lipinski definition) is 2. The minimum Gasteiger partial charge on any atom is -0.342 e. The Morgan fingerprint density at radius 3 is 2.57 bits per heavy atom. The SMILES string of the molecule is CCn1c(SCC(=O)Nc2ccc([N+](=O)[O-])cc2C)nnc1[C@H](C)NC(=O)c1ccc(Cl)cc1Cl. The van der Waals surface area contributed by atoms with Crippen molar-refractivity contribution in [1.82, 2.24) is 20.1 Å². The summed E-state index contributed by atoms with van der Waals surface area (Å²) in [4.78, 5) is 35.5. The summed E-state index contributed by atoms with van der Waals surface area (Å²) >= 11 is 13.2. The number of nitro groups is 1. The van der Waals surface area contributed by atoms with Crippen LogP contribution in [0, 0.1) is 17.0 Å². The highest BCUT2D eigenvalue weighted by atomic mass is 35.5. The van der Waals surface area contributed by atoms with Crippen LogP contribution in [0.5, 0.6) is 0 Å². The summed E-state index contributed by atoms with van der Waals surface area (Å²) in [7, 11) is 0. The predicted molar refractivity (Wildman–Crippen MR) is 135 cm³/mol. The summed E-state index contributed by atoms with van der Waals surface area (Å²) < 4.78 is 1.81. The van der Waals surface area contributed by atoms with Gasteiger partial charge in [-0.3, -0.25) is 19.7 Å². The van der Waals surface area contributed by atoms with E-state index in [1.165, 1.54) is 36.0 Å². The van der Waals surface area contributed by atoms with Gasteiger partial charge in [-0.2, -0.15) is 0 Å². The van der Waals surface area contributed by atoms with Gasteiger partial charge in [0.05, 0.1) is 27.3 Å². The standard InChI is InChI=1S/C22H22Cl2N6O4S/c1-4-29-20(13(3)25-21(32)16-7-5-14(23)10-17(16)24)27-28-22(29)35-11-19(31)26-18-8-6-15(30(33)34)9-12(18)2/h5-10,13H,4,11H2,1-3H3,(H,25,32)(H,26,31)/t13-/m0/s1. The lowest BCUT2D eigenvalue weighted by atomic mass is 10.2. The minimum absolute atomic E-state index is 0.0435. The van der Waals surface area contributed by atoms with Crippen molar-refractivity contribution in [3.63, 3.8) is 0 Å². The molecule has 3 aromatic rings. The normalized spacial score (nSPS) is 11.7. The molecule has 2 N–H and O–H groups in total. The van der Waals surface area contributed by atoms with Gasteiger partial charge in [0.25, 0.3) is 11.6 Å². The highest BCUT2D eigenvalue weighted by Crippen LogP contribution is 2.25. The predicted octanol–water partition coefficient (Wildman–Crippen LogP) is 5.04. The van der Waals surface area contributed by atoms with E-state index in [4.69, 9.17) is 23.2 Å². The van der Waals surface area contributed by atoms with Crippen LogP contribution in [0.1, 0.15) is 41.6 Å². The van der Waals surface area contributed by atoms with Crippen molar-refractivity contribution in [2.24, 2.45) is 0 Å². The number of carbonyl (C=O) groups is 2. The van der Waals surface area contributed by atoms with Crippen LogP contribution in [0.15, 0.2) is 41.6 Å². The lowest BCUT2D eigenvalue weighted by molar-refractivity contribution is -0.384. The molecule has 1 heterocycles. The topological polar surface area (TPSA) is 132 Å². The summed E-state index contributed by atoms with van der Waals surface area (Å²) in [6, 6.07) is 8.38. The maximum Gasteiger partial charge on any atom is 0.269 e. The number of thioether (sulfide) groups is 1. The molecule has 0 radical (unpaired) electrons. The Morgan fingerprint density at radius 2 is 1.94 bits per heavy atom. The lowest BCUT2D eigenvalue weighted by Crippen LogP contribution is -2.29. The third-order valence-corrected chi connectivity index (χ3v) is 6.51. The minimum atomic E-state index is -0.489. The van der Waals surface area contributed by atoms with Crippen molar-refractivity contribution in [3.8, 4) is 0 Å². The molecular weight excluding hydrogens is 515 g/mol. The Balaban J connectivity index is 1.64. The van der Waals surface area contributed by atoms with E-state index in [0.29, 0.717) is 39.4 Å². The van der Waals surface area contributed by atoms with E-state index < -0.39 is 11.0 Å². The van der Waals surface area contributed by atoms with Gasteiger partial charge in [0, 0.05) is 29.4 Å². The number of amides is 2. The largest absolute Gasteiger partial charge is 0.342 e. The number of carbonyl (C=O) groups excluding carboxylic acids is 2. The number of non-ortho nitro benzene ring substituents is 1. The van der Waals surface area contributed by atoms with Gasteiger partial charge in [0.2, 0.25) is 5.91 Å². The van der Waals surface area contributed by atoms with Crippen LogP contribution >= 0.6 is 35.0 Å². The average Bonchev–Trinajstić information content (AvgIpc) is 3.21. The molecule has 0 unspecified atom stereocenters. The van der Waals surface area contributed by atoms with Crippen LogP contribution in [0.2, 0.25) is 10.0 Å². The Kier molecular flexibility index (Phi) is 8.71. The molecule has 0 saturated carbocycles. The highest BCUT2D eigenvalue weighted by Gasteiger charge is 2.21. The number of aromatic nitrogens is 3. The fourth-order valence-corrected chi connectivity index (χ4v) is 4.56. The third-order valence-electron chi connectivity index (χ3n) is 5.00. The number of aryl methyl sites for hydroxylation is 1. The van der Waals surface area contributed by atoms with Crippen LogP contribution in [0.25, 0.3) is 0 Å². The molecule has 0 aliphatic rings. The zero-order valence-electron chi connectivity index (χ0n) is 19.0. The second-order valence-electron chi connectivity index (χ2n) is 7.50. The van der Waals surface area contributed by atoms with Gasteiger partial charge in [-0.25, -0.2) is 0 Å². The molecule has 35 heavy (non-hydrogen) atoms. The molecular formula is C22H22Cl2N6O4S. The van der Waals surface area contributed by atoms with Crippen molar-refractivity contribution in [2.45, 2.75) is 38.5 Å². The van der Waals surface area contributed by atoms with E-state index in [1.54, 1.807) is 26.0 Å². The number of benzene rings is 2. The number of anilines is 1. The summed E-state index contributed by atoms with van der Waals surface area (Å²) in [5.74, 6) is -0.0924. The van der Waals surface area contributed by atoms with Crippen LogP contribution in [0.3, 0.4) is 0 Å².